The van der Waals surface area contributed by atoms with Crippen molar-refractivity contribution in [1.82, 2.24) is 20.7 Å². The van der Waals surface area contributed by atoms with E-state index in [-0.39, 0.29) is 18.4 Å². The number of amides is 4. The fourth-order valence-corrected chi connectivity index (χ4v) is 2.81. The van der Waals surface area contributed by atoms with Crippen LogP contribution in [0.2, 0.25) is 0 Å². The van der Waals surface area contributed by atoms with Crippen molar-refractivity contribution in [2.75, 3.05) is 6.54 Å². The van der Waals surface area contributed by atoms with Crippen LogP contribution >= 0.6 is 0 Å². The van der Waals surface area contributed by atoms with E-state index in [0.29, 0.717) is 12.3 Å². The van der Waals surface area contributed by atoms with Crippen molar-refractivity contribution in [1.29, 1.82) is 0 Å². The van der Waals surface area contributed by atoms with E-state index >= 15 is 0 Å². The number of aryl methyl sites for hydroxylation is 1. The molecule has 0 saturated carbocycles. The topological polar surface area (TPSA) is 105 Å². The average molecular weight is 292 g/mol. The van der Waals surface area contributed by atoms with Crippen LogP contribution in [0.15, 0.2) is 10.6 Å². The minimum Gasteiger partial charge on any atom is -0.361 e. The van der Waals surface area contributed by atoms with Crippen molar-refractivity contribution in [3.8, 4) is 0 Å². The van der Waals surface area contributed by atoms with Gasteiger partial charge in [0.25, 0.3) is 5.91 Å². The largest absolute Gasteiger partial charge is 0.361 e. The van der Waals surface area contributed by atoms with Crippen LogP contribution in [-0.4, -0.2) is 40.5 Å². The Hall–Kier alpha value is -2.38. The molecule has 2 aliphatic heterocycles. The second kappa shape index (κ2) is 5.19. The van der Waals surface area contributed by atoms with Crippen LogP contribution in [0.1, 0.15) is 36.8 Å². The summed E-state index contributed by atoms with van der Waals surface area (Å²) >= 11 is 0. The second-order valence-electron chi connectivity index (χ2n) is 5.33. The highest BCUT2D eigenvalue weighted by Crippen LogP contribution is 2.32. The van der Waals surface area contributed by atoms with E-state index in [1.165, 1.54) is 0 Å². The summed E-state index contributed by atoms with van der Waals surface area (Å²) in [6.45, 7) is 2.42. The number of likely N-dealkylation sites (tertiary alicyclic amines) is 1. The summed E-state index contributed by atoms with van der Waals surface area (Å²) in [4.78, 5) is 36.6. The molecule has 112 valence electrons. The van der Waals surface area contributed by atoms with Gasteiger partial charge in [0.15, 0.2) is 0 Å². The fourth-order valence-electron chi connectivity index (χ4n) is 2.81. The summed E-state index contributed by atoms with van der Waals surface area (Å²) in [5.41, 5.74) is 0.734. The van der Waals surface area contributed by atoms with E-state index in [2.05, 4.69) is 15.8 Å². The number of hydrogen-bond acceptors (Lipinski definition) is 5. The molecule has 2 fully saturated rings. The van der Waals surface area contributed by atoms with Gasteiger partial charge in [0, 0.05) is 12.6 Å². The van der Waals surface area contributed by atoms with Gasteiger partial charge in [0.05, 0.1) is 12.5 Å². The third-order valence-electron chi connectivity index (χ3n) is 3.80. The van der Waals surface area contributed by atoms with E-state index in [4.69, 9.17) is 4.52 Å². The third-order valence-corrected chi connectivity index (χ3v) is 3.80. The maximum absolute atomic E-state index is 12.4. The maximum Gasteiger partial charge on any atom is 0.322 e. The maximum atomic E-state index is 12.4. The minimum atomic E-state index is -0.787. The van der Waals surface area contributed by atoms with Crippen molar-refractivity contribution in [3.05, 3.63) is 17.5 Å². The number of nitrogens with zero attached hydrogens (tertiary/aromatic N) is 2. The Balaban J connectivity index is 1.69. The van der Waals surface area contributed by atoms with Crippen molar-refractivity contribution in [3.63, 3.8) is 0 Å². The van der Waals surface area contributed by atoms with Gasteiger partial charge in [-0.15, -0.1) is 0 Å². The highest BCUT2D eigenvalue weighted by Gasteiger charge is 2.37. The van der Waals surface area contributed by atoms with Gasteiger partial charge in [0.1, 0.15) is 17.5 Å². The molecule has 0 spiro atoms. The Labute approximate surface area is 120 Å². The minimum absolute atomic E-state index is 0.0368. The first-order valence-electron chi connectivity index (χ1n) is 6.88. The predicted molar refractivity (Wildman–Crippen MR) is 70.0 cm³/mol. The normalized spacial score (nSPS) is 25.1. The van der Waals surface area contributed by atoms with E-state index in [9.17, 15) is 14.4 Å². The van der Waals surface area contributed by atoms with Crippen LogP contribution in [0.25, 0.3) is 0 Å². The fraction of sp³-hybridized carbons (Fsp3) is 0.538. The van der Waals surface area contributed by atoms with Gasteiger partial charge < -0.3 is 14.7 Å². The van der Waals surface area contributed by atoms with Crippen LogP contribution in [0.4, 0.5) is 4.79 Å². The van der Waals surface area contributed by atoms with Crippen LogP contribution < -0.4 is 10.6 Å². The molecular weight excluding hydrogens is 276 g/mol. The molecule has 3 rings (SSSR count). The van der Waals surface area contributed by atoms with Crippen LogP contribution in [0.5, 0.6) is 0 Å². The number of hydrogen-bond donors (Lipinski definition) is 2. The summed E-state index contributed by atoms with van der Waals surface area (Å²) < 4.78 is 5.06. The Morgan fingerprint density at radius 1 is 1.52 bits per heavy atom. The van der Waals surface area contributed by atoms with Crippen LogP contribution in [0, 0.1) is 6.92 Å². The number of carbonyl (C=O) groups excluding carboxylic acids is 3. The molecule has 2 saturated heterocycles. The molecule has 0 radical (unpaired) electrons. The third kappa shape index (κ3) is 2.61. The Kier molecular flexibility index (Phi) is 3.36. The Morgan fingerprint density at radius 2 is 2.33 bits per heavy atom. The zero-order chi connectivity index (χ0) is 15.0. The molecule has 21 heavy (non-hydrogen) atoms. The monoisotopic (exact) mass is 292 g/mol. The van der Waals surface area contributed by atoms with Gasteiger partial charge in [0.2, 0.25) is 5.91 Å². The number of imide groups is 1. The first kappa shape index (κ1) is 13.6. The van der Waals surface area contributed by atoms with E-state index in [1.807, 2.05) is 6.07 Å². The molecule has 3 heterocycles. The van der Waals surface area contributed by atoms with E-state index < -0.39 is 18.0 Å². The standard InChI is InChI=1S/C13H16N4O4/c1-7-5-8(16-21-7)10-3-2-4-17(10)11(18)6-9-12(19)15-13(20)14-9/h5,9-10H,2-4,6H2,1H3,(H2,14,15,19,20)/t9-,10+/m0/s1. The number of urea groups is 1. The lowest BCUT2D eigenvalue weighted by Crippen LogP contribution is -2.38. The zero-order valence-electron chi connectivity index (χ0n) is 11.6. The number of rotatable bonds is 3. The van der Waals surface area contributed by atoms with Gasteiger partial charge in [-0.3, -0.25) is 14.9 Å². The lowest BCUT2D eigenvalue weighted by atomic mass is 10.1. The van der Waals surface area contributed by atoms with Gasteiger partial charge in [-0.1, -0.05) is 5.16 Å². The summed E-state index contributed by atoms with van der Waals surface area (Å²) in [7, 11) is 0. The first-order chi connectivity index (χ1) is 10.0. The van der Waals surface area contributed by atoms with Gasteiger partial charge in [-0.05, 0) is 19.8 Å². The lowest BCUT2D eigenvalue weighted by Gasteiger charge is -2.23. The lowest BCUT2D eigenvalue weighted by molar-refractivity contribution is -0.134. The summed E-state index contributed by atoms with van der Waals surface area (Å²) in [5, 5.41) is 8.53. The molecule has 2 aliphatic rings. The highest BCUT2D eigenvalue weighted by molar-refractivity contribution is 6.05. The number of nitrogens with one attached hydrogen (secondary N) is 2. The molecule has 1 aromatic heterocycles. The molecule has 0 aromatic carbocycles. The molecule has 8 nitrogen and oxygen atoms in total. The van der Waals surface area contributed by atoms with Gasteiger partial charge in [-0.25, -0.2) is 4.79 Å². The van der Waals surface area contributed by atoms with Crippen LogP contribution in [-0.2, 0) is 9.59 Å². The Morgan fingerprint density at radius 3 is 2.95 bits per heavy atom. The van der Waals surface area contributed by atoms with Crippen molar-refractivity contribution >= 4 is 17.8 Å². The van der Waals surface area contributed by atoms with Crippen molar-refractivity contribution < 1.29 is 18.9 Å². The molecule has 2 N–H and O–H groups in total. The summed E-state index contributed by atoms with van der Waals surface area (Å²) in [5.74, 6) is 0.0774. The average Bonchev–Trinajstić information content (AvgIpc) is 3.10. The smallest absolute Gasteiger partial charge is 0.322 e. The van der Waals surface area contributed by atoms with E-state index in [0.717, 1.165) is 18.5 Å². The molecular formula is C13H16N4O4. The number of aromatic nitrogens is 1. The highest BCUT2D eigenvalue weighted by atomic mass is 16.5. The second-order valence-corrected chi connectivity index (χ2v) is 5.33. The molecule has 2 atom stereocenters. The predicted octanol–water partition coefficient (Wildman–Crippen LogP) is 0.245. The molecule has 4 amide bonds. The molecule has 0 unspecified atom stereocenters. The van der Waals surface area contributed by atoms with E-state index in [1.54, 1.807) is 11.8 Å². The molecule has 1 aromatic rings. The SMILES string of the molecule is Cc1cc([C@H]2CCCN2C(=O)C[C@@H]2NC(=O)NC2=O)no1. The van der Waals surface area contributed by atoms with Crippen molar-refractivity contribution in [2.45, 2.75) is 38.3 Å². The number of carbonyl (C=O) groups is 3. The molecule has 0 bridgehead atoms. The van der Waals surface area contributed by atoms with Gasteiger partial charge >= 0.3 is 6.03 Å². The zero-order valence-corrected chi connectivity index (χ0v) is 11.6. The van der Waals surface area contributed by atoms with Crippen molar-refractivity contribution in [2.24, 2.45) is 0 Å². The quantitative estimate of drug-likeness (QED) is 0.777. The van der Waals surface area contributed by atoms with Gasteiger partial charge in [-0.2, -0.15) is 0 Å². The molecule has 0 aliphatic carbocycles. The van der Waals surface area contributed by atoms with Crippen LogP contribution in [0.3, 0.4) is 0 Å². The summed E-state index contributed by atoms with van der Waals surface area (Å²) in [6.07, 6.45) is 1.66. The first-order valence-corrected chi connectivity index (χ1v) is 6.88. The summed E-state index contributed by atoms with van der Waals surface area (Å²) in [6, 6.07) is 0.364. The Bertz CT molecular complexity index is 597. The molecule has 8 heteroatoms.